The zero-order valence-electron chi connectivity index (χ0n) is 11.9. The molecule has 1 aromatic heterocycles. The predicted molar refractivity (Wildman–Crippen MR) is 71.8 cm³/mol. The Kier molecular flexibility index (Phi) is 3.70. The van der Waals surface area contributed by atoms with E-state index < -0.39 is 17.4 Å². The van der Waals surface area contributed by atoms with Gasteiger partial charge in [-0.3, -0.25) is 9.48 Å². The summed E-state index contributed by atoms with van der Waals surface area (Å²) in [7, 11) is 1.78. The maximum Gasteiger partial charge on any atom is 0.170 e. The van der Waals surface area contributed by atoms with Gasteiger partial charge in [0, 0.05) is 24.7 Å². The van der Waals surface area contributed by atoms with Crippen molar-refractivity contribution in [2.45, 2.75) is 27.2 Å². The van der Waals surface area contributed by atoms with Gasteiger partial charge in [0.2, 0.25) is 0 Å². The maximum absolute atomic E-state index is 13.8. The maximum atomic E-state index is 13.8. The molecule has 106 valence electrons. The first-order valence-electron chi connectivity index (χ1n) is 6.29. The Morgan fingerprint density at radius 1 is 1.20 bits per heavy atom. The SMILES string of the molecule is Cc1ccc(C(=O)Cc2c(C)nn(C)c2C)c(F)c1F. The number of hydrogen-bond donors (Lipinski definition) is 0. The third-order valence-electron chi connectivity index (χ3n) is 3.57. The summed E-state index contributed by atoms with van der Waals surface area (Å²) in [6.07, 6.45) is 0.0188. The van der Waals surface area contributed by atoms with E-state index in [4.69, 9.17) is 0 Å². The molecular formula is C15H16F2N2O. The Balaban J connectivity index is 2.36. The van der Waals surface area contributed by atoms with E-state index in [-0.39, 0.29) is 17.5 Å². The lowest BCUT2D eigenvalue weighted by molar-refractivity contribution is 0.0987. The molecule has 0 atom stereocenters. The number of halogens is 2. The Bertz CT molecular complexity index is 690. The Morgan fingerprint density at radius 2 is 1.85 bits per heavy atom. The second kappa shape index (κ2) is 5.15. The van der Waals surface area contributed by atoms with Crippen molar-refractivity contribution in [3.8, 4) is 0 Å². The van der Waals surface area contributed by atoms with Crippen LogP contribution in [0.2, 0.25) is 0 Å². The summed E-state index contributed by atoms with van der Waals surface area (Å²) in [6, 6.07) is 2.74. The van der Waals surface area contributed by atoms with Crippen LogP contribution in [0.15, 0.2) is 12.1 Å². The van der Waals surface area contributed by atoms with E-state index in [0.29, 0.717) is 0 Å². The van der Waals surface area contributed by atoms with E-state index in [1.54, 1.807) is 18.7 Å². The van der Waals surface area contributed by atoms with Crippen LogP contribution in [0.3, 0.4) is 0 Å². The highest BCUT2D eigenvalue weighted by Gasteiger charge is 2.20. The number of carbonyl (C=O) groups is 1. The number of Topliss-reactive ketones (excluding diaryl/α,β-unsaturated/α-hetero) is 1. The molecule has 0 radical (unpaired) electrons. The van der Waals surface area contributed by atoms with Crippen molar-refractivity contribution in [3.63, 3.8) is 0 Å². The zero-order valence-corrected chi connectivity index (χ0v) is 11.9. The molecule has 20 heavy (non-hydrogen) atoms. The second-order valence-electron chi connectivity index (χ2n) is 4.93. The lowest BCUT2D eigenvalue weighted by atomic mass is 10.00. The first-order valence-corrected chi connectivity index (χ1v) is 6.29. The summed E-state index contributed by atoms with van der Waals surface area (Å²) >= 11 is 0. The fraction of sp³-hybridized carbons (Fsp3) is 0.333. The molecule has 0 saturated carbocycles. The number of ketones is 1. The van der Waals surface area contributed by atoms with Gasteiger partial charge in [0.25, 0.3) is 0 Å². The van der Waals surface area contributed by atoms with E-state index >= 15 is 0 Å². The molecule has 3 nitrogen and oxygen atoms in total. The van der Waals surface area contributed by atoms with Crippen LogP contribution in [0.25, 0.3) is 0 Å². The minimum absolute atomic E-state index is 0.0188. The van der Waals surface area contributed by atoms with Crippen molar-refractivity contribution in [3.05, 3.63) is 51.8 Å². The molecule has 0 unspecified atom stereocenters. The number of carbonyl (C=O) groups excluding carboxylic acids is 1. The highest BCUT2D eigenvalue weighted by Crippen LogP contribution is 2.20. The average molecular weight is 278 g/mol. The van der Waals surface area contributed by atoms with Crippen LogP contribution in [-0.4, -0.2) is 15.6 Å². The highest BCUT2D eigenvalue weighted by atomic mass is 19.2. The molecule has 5 heteroatoms. The van der Waals surface area contributed by atoms with E-state index in [1.165, 1.54) is 19.1 Å². The standard InChI is InChI=1S/C15H16F2N2O/c1-8-5-6-11(15(17)14(8)16)13(20)7-12-9(2)18-19(4)10(12)3/h5-6H,7H2,1-4H3. The van der Waals surface area contributed by atoms with Gasteiger partial charge in [-0.05, 0) is 32.4 Å². The van der Waals surface area contributed by atoms with Gasteiger partial charge in [-0.2, -0.15) is 5.10 Å². The molecule has 0 aliphatic rings. The Morgan fingerprint density at radius 3 is 2.40 bits per heavy atom. The van der Waals surface area contributed by atoms with Gasteiger partial charge in [-0.25, -0.2) is 8.78 Å². The van der Waals surface area contributed by atoms with E-state index in [2.05, 4.69) is 5.10 Å². The number of hydrogen-bond acceptors (Lipinski definition) is 2. The second-order valence-corrected chi connectivity index (χ2v) is 4.93. The molecule has 1 heterocycles. The number of aromatic nitrogens is 2. The summed E-state index contributed by atoms with van der Waals surface area (Å²) in [6.45, 7) is 5.10. The Hall–Kier alpha value is -2.04. The van der Waals surface area contributed by atoms with Crippen LogP contribution in [0.1, 0.15) is 32.9 Å². The molecule has 0 bridgehead atoms. The lowest BCUT2D eigenvalue weighted by Gasteiger charge is -2.06. The largest absolute Gasteiger partial charge is 0.294 e. The molecule has 0 saturated heterocycles. The van der Waals surface area contributed by atoms with Gasteiger partial charge >= 0.3 is 0 Å². The van der Waals surface area contributed by atoms with Crippen LogP contribution >= 0.6 is 0 Å². The minimum atomic E-state index is -1.07. The topological polar surface area (TPSA) is 34.9 Å². The molecule has 0 spiro atoms. The van der Waals surface area contributed by atoms with E-state index in [9.17, 15) is 13.6 Å². The van der Waals surface area contributed by atoms with Crippen LogP contribution in [-0.2, 0) is 13.5 Å². The molecule has 0 amide bonds. The molecule has 0 N–H and O–H groups in total. The zero-order chi connectivity index (χ0) is 15.0. The van der Waals surface area contributed by atoms with Gasteiger partial charge in [-0.1, -0.05) is 6.07 Å². The van der Waals surface area contributed by atoms with Crippen LogP contribution in [0, 0.1) is 32.4 Å². The normalized spacial score (nSPS) is 10.9. The fourth-order valence-electron chi connectivity index (χ4n) is 2.19. The van der Waals surface area contributed by atoms with Crippen molar-refractivity contribution in [1.29, 1.82) is 0 Å². The number of aryl methyl sites for hydroxylation is 3. The van der Waals surface area contributed by atoms with Gasteiger partial charge in [0.05, 0.1) is 11.3 Å². The molecule has 2 rings (SSSR count). The summed E-state index contributed by atoms with van der Waals surface area (Å²) in [5, 5.41) is 4.21. The number of nitrogens with zero attached hydrogens (tertiary/aromatic N) is 2. The van der Waals surface area contributed by atoms with Crippen molar-refractivity contribution in [2.24, 2.45) is 7.05 Å². The van der Waals surface area contributed by atoms with Gasteiger partial charge in [-0.15, -0.1) is 0 Å². The molecule has 1 aromatic carbocycles. The smallest absolute Gasteiger partial charge is 0.170 e. The predicted octanol–water partition coefficient (Wildman–Crippen LogP) is 3.05. The van der Waals surface area contributed by atoms with Crippen molar-refractivity contribution in [2.75, 3.05) is 0 Å². The Labute approximate surface area is 116 Å². The molecule has 0 fully saturated rings. The van der Waals surface area contributed by atoms with E-state index in [0.717, 1.165) is 17.0 Å². The third kappa shape index (κ3) is 2.35. The quantitative estimate of drug-likeness (QED) is 0.809. The van der Waals surface area contributed by atoms with Crippen molar-refractivity contribution >= 4 is 5.78 Å². The van der Waals surface area contributed by atoms with Crippen LogP contribution in [0.5, 0.6) is 0 Å². The summed E-state index contributed by atoms with van der Waals surface area (Å²) < 4.78 is 29.0. The van der Waals surface area contributed by atoms with Gasteiger partial charge in [0.1, 0.15) is 0 Å². The molecule has 0 aliphatic heterocycles. The third-order valence-corrected chi connectivity index (χ3v) is 3.57. The van der Waals surface area contributed by atoms with Crippen LogP contribution < -0.4 is 0 Å². The van der Waals surface area contributed by atoms with Crippen LogP contribution in [0.4, 0.5) is 8.78 Å². The van der Waals surface area contributed by atoms with Gasteiger partial charge in [0.15, 0.2) is 17.4 Å². The van der Waals surface area contributed by atoms with Crippen molar-refractivity contribution < 1.29 is 13.6 Å². The minimum Gasteiger partial charge on any atom is -0.294 e. The summed E-state index contributed by atoms with van der Waals surface area (Å²) in [5.41, 5.74) is 2.32. The van der Waals surface area contributed by atoms with E-state index in [1.807, 2.05) is 6.92 Å². The number of rotatable bonds is 3. The fourth-order valence-corrected chi connectivity index (χ4v) is 2.19. The molecule has 2 aromatic rings. The molecule has 0 aliphatic carbocycles. The van der Waals surface area contributed by atoms with Crippen molar-refractivity contribution in [1.82, 2.24) is 9.78 Å². The average Bonchev–Trinajstić information content (AvgIpc) is 2.62. The summed E-state index contributed by atoms with van der Waals surface area (Å²) in [5.74, 6) is -2.48. The summed E-state index contributed by atoms with van der Waals surface area (Å²) in [4.78, 5) is 12.2. The molecular weight excluding hydrogens is 262 g/mol. The van der Waals surface area contributed by atoms with Gasteiger partial charge < -0.3 is 0 Å². The lowest BCUT2D eigenvalue weighted by Crippen LogP contribution is -2.09. The first-order chi connectivity index (χ1) is 9.32. The highest BCUT2D eigenvalue weighted by molar-refractivity contribution is 5.98. The monoisotopic (exact) mass is 278 g/mol. The number of benzene rings is 1. The first kappa shape index (κ1) is 14.4.